The second-order valence-electron chi connectivity index (χ2n) is 7.70. The molecule has 0 aliphatic heterocycles. The third-order valence-electron chi connectivity index (χ3n) is 5.11. The molecule has 3 aromatic rings. The lowest BCUT2D eigenvalue weighted by Gasteiger charge is -2.09. The second-order valence-corrected chi connectivity index (χ2v) is 8.13. The number of rotatable bonds is 12. The molecule has 0 unspecified atom stereocenters. The van der Waals surface area contributed by atoms with Crippen LogP contribution in [0.4, 0.5) is 4.39 Å². The molecule has 0 heterocycles. The number of hydrogen-bond acceptors (Lipinski definition) is 5. The number of benzene rings is 3. The van der Waals surface area contributed by atoms with E-state index in [0.29, 0.717) is 40.7 Å². The average Bonchev–Trinajstić information content (AvgIpc) is 2.86. The second kappa shape index (κ2) is 13.3. The first-order valence-corrected chi connectivity index (χ1v) is 11.6. The third kappa shape index (κ3) is 8.26. The number of carbonyl (C=O) groups is 2. The van der Waals surface area contributed by atoms with Crippen LogP contribution in [-0.4, -0.2) is 25.2 Å². The van der Waals surface area contributed by atoms with Crippen LogP contribution < -0.4 is 9.47 Å². The normalized spacial score (nSPS) is 10.5. The predicted octanol–water partition coefficient (Wildman–Crippen LogP) is 7.03. The van der Waals surface area contributed by atoms with Crippen molar-refractivity contribution in [3.05, 3.63) is 95.8 Å². The van der Waals surface area contributed by atoms with E-state index in [-0.39, 0.29) is 5.75 Å². The molecule has 0 saturated carbocycles. The summed E-state index contributed by atoms with van der Waals surface area (Å²) >= 11 is 5.88. The van der Waals surface area contributed by atoms with Gasteiger partial charge in [0, 0.05) is 22.7 Å². The Morgan fingerprint density at radius 1 is 0.857 bits per heavy atom. The van der Waals surface area contributed by atoms with Gasteiger partial charge in [0.05, 0.1) is 18.8 Å². The van der Waals surface area contributed by atoms with Crippen LogP contribution in [0.2, 0.25) is 5.02 Å². The van der Waals surface area contributed by atoms with Gasteiger partial charge in [-0.2, -0.15) is 0 Å². The van der Waals surface area contributed by atoms with Crippen LogP contribution in [0.15, 0.2) is 79.4 Å². The van der Waals surface area contributed by atoms with Gasteiger partial charge in [-0.25, -0.2) is 14.0 Å². The molecule has 3 aromatic carbocycles. The standard InChI is InChI=1S/C28H26ClFO5/c1-2-27(31)34-18-6-4-3-5-17-33-23-13-9-21(10-14-23)28(32)35-24-15-16-25(26(30)19-24)20-7-11-22(29)12-8-20/h2,7-16,19H,1,3-6,17-18H2. The maximum Gasteiger partial charge on any atom is 0.343 e. The Morgan fingerprint density at radius 2 is 1.51 bits per heavy atom. The lowest BCUT2D eigenvalue weighted by atomic mass is 10.1. The Bertz CT molecular complexity index is 1140. The van der Waals surface area contributed by atoms with Gasteiger partial charge in [0.2, 0.25) is 0 Å². The highest BCUT2D eigenvalue weighted by atomic mass is 35.5. The van der Waals surface area contributed by atoms with Gasteiger partial charge in [-0.3, -0.25) is 0 Å². The molecule has 0 aliphatic carbocycles. The molecule has 0 bridgehead atoms. The van der Waals surface area contributed by atoms with E-state index in [4.69, 9.17) is 25.8 Å². The first kappa shape index (κ1) is 26.0. The summed E-state index contributed by atoms with van der Waals surface area (Å²) in [6.45, 7) is 4.27. The summed E-state index contributed by atoms with van der Waals surface area (Å²) in [7, 11) is 0. The molecule has 0 atom stereocenters. The SMILES string of the molecule is C=CC(=O)OCCCCCCOc1ccc(C(=O)Oc2ccc(-c3ccc(Cl)cc3)c(F)c2)cc1. The minimum absolute atomic E-state index is 0.116. The third-order valence-corrected chi connectivity index (χ3v) is 5.37. The largest absolute Gasteiger partial charge is 0.494 e. The van der Waals surface area contributed by atoms with Crippen LogP contribution >= 0.6 is 11.6 Å². The van der Waals surface area contributed by atoms with Crippen LogP contribution in [0.25, 0.3) is 11.1 Å². The molecule has 0 fully saturated rings. The summed E-state index contributed by atoms with van der Waals surface area (Å²) in [4.78, 5) is 23.4. The van der Waals surface area contributed by atoms with Crippen molar-refractivity contribution < 1.29 is 28.2 Å². The summed E-state index contributed by atoms with van der Waals surface area (Å²) < 4.78 is 30.5. The van der Waals surface area contributed by atoms with E-state index >= 15 is 0 Å². The van der Waals surface area contributed by atoms with Crippen molar-refractivity contribution in [3.63, 3.8) is 0 Å². The summed E-state index contributed by atoms with van der Waals surface area (Å²) in [6.07, 6.45) is 4.68. The fraction of sp³-hybridized carbons (Fsp3) is 0.214. The van der Waals surface area contributed by atoms with Crippen molar-refractivity contribution in [1.82, 2.24) is 0 Å². The Morgan fingerprint density at radius 3 is 2.17 bits per heavy atom. The highest BCUT2D eigenvalue weighted by Crippen LogP contribution is 2.28. The molecule has 0 saturated heterocycles. The van der Waals surface area contributed by atoms with Gasteiger partial charge < -0.3 is 14.2 Å². The number of halogens is 2. The Labute approximate surface area is 209 Å². The molecule has 0 aliphatic rings. The minimum Gasteiger partial charge on any atom is -0.494 e. The van der Waals surface area contributed by atoms with Crippen molar-refractivity contribution in [1.29, 1.82) is 0 Å². The molecule has 182 valence electrons. The predicted molar refractivity (Wildman–Crippen MR) is 133 cm³/mol. The zero-order chi connectivity index (χ0) is 25.0. The fourth-order valence-electron chi connectivity index (χ4n) is 3.26. The van der Waals surface area contributed by atoms with Crippen molar-refractivity contribution in [2.45, 2.75) is 25.7 Å². The highest BCUT2D eigenvalue weighted by Gasteiger charge is 2.12. The summed E-state index contributed by atoms with van der Waals surface area (Å²) in [5, 5.41) is 0.567. The lowest BCUT2D eigenvalue weighted by Crippen LogP contribution is -2.08. The van der Waals surface area contributed by atoms with Crippen molar-refractivity contribution >= 4 is 23.5 Å². The smallest absolute Gasteiger partial charge is 0.343 e. The summed E-state index contributed by atoms with van der Waals surface area (Å²) in [5.74, 6) is -0.740. The Hall–Kier alpha value is -3.64. The van der Waals surface area contributed by atoms with Crippen molar-refractivity contribution in [2.75, 3.05) is 13.2 Å². The summed E-state index contributed by atoms with van der Waals surface area (Å²) in [5.41, 5.74) is 1.39. The molecular formula is C28H26ClFO5. The van der Waals surface area contributed by atoms with Crippen molar-refractivity contribution in [3.8, 4) is 22.6 Å². The Balaban J connectivity index is 1.42. The number of unbranched alkanes of at least 4 members (excludes halogenated alkanes) is 3. The summed E-state index contributed by atoms with van der Waals surface area (Å²) in [6, 6.07) is 17.7. The van der Waals surface area contributed by atoms with Gasteiger partial charge in [-0.05, 0) is 79.8 Å². The van der Waals surface area contributed by atoms with Gasteiger partial charge in [-0.1, -0.05) is 30.3 Å². The molecule has 0 spiro atoms. The molecule has 0 amide bonds. The van der Waals surface area contributed by atoms with Gasteiger partial charge in [0.15, 0.2) is 0 Å². The minimum atomic E-state index is -0.590. The average molecular weight is 497 g/mol. The molecule has 0 aromatic heterocycles. The van der Waals surface area contributed by atoms with Crippen LogP contribution in [0, 0.1) is 5.82 Å². The van der Waals surface area contributed by atoms with Crippen LogP contribution in [0.1, 0.15) is 36.0 Å². The first-order chi connectivity index (χ1) is 17.0. The van der Waals surface area contributed by atoms with E-state index in [1.165, 1.54) is 6.07 Å². The monoisotopic (exact) mass is 496 g/mol. The van der Waals surface area contributed by atoms with Gasteiger partial charge >= 0.3 is 11.9 Å². The van der Waals surface area contributed by atoms with E-state index < -0.39 is 17.8 Å². The van der Waals surface area contributed by atoms with Crippen LogP contribution in [-0.2, 0) is 9.53 Å². The quantitative estimate of drug-likeness (QED) is 0.116. The van der Waals surface area contributed by atoms with E-state index in [1.807, 2.05) is 0 Å². The van der Waals surface area contributed by atoms with Gasteiger partial charge in [-0.15, -0.1) is 0 Å². The maximum absolute atomic E-state index is 14.6. The topological polar surface area (TPSA) is 61.8 Å². The lowest BCUT2D eigenvalue weighted by molar-refractivity contribution is -0.137. The molecule has 5 nitrogen and oxygen atoms in total. The van der Waals surface area contributed by atoms with E-state index in [9.17, 15) is 14.0 Å². The fourth-order valence-corrected chi connectivity index (χ4v) is 3.38. The molecule has 0 radical (unpaired) electrons. The number of hydrogen-bond donors (Lipinski definition) is 0. The molecular weight excluding hydrogens is 471 g/mol. The zero-order valence-electron chi connectivity index (χ0n) is 19.2. The van der Waals surface area contributed by atoms with Gasteiger partial charge in [0.25, 0.3) is 0 Å². The van der Waals surface area contributed by atoms with E-state index in [0.717, 1.165) is 31.8 Å². The van der Waals surface area contributed by atoms with E-state index in [2.05, 4.69) is 6.58 Å². The zero-order valence-corrected chi connectivity index (χ0v) is 19.9. The molecule has 35 heavy (non-hydrogen) atoms. The highest BCUT2D eigenvalue weighted by molar-refractivity contribution is 6.30. The molecule has 7 heteroatoms. The Kier molecular flexibility index (Phi) is 9.87. The molecule has 3 rings (SSSR count). The number of esters is 2. The van der Waals surface area contributed by atoms with Crippen molar-refractivity contribution in [2.24, 2.45) is 0 Å². The van der Waals surface area contributed by atoms with Gasteiger partial charge in [0.1, 0.15) is 17.3 Å². The van der Waals surface area contributed by atoms with Crippen LogP contribution in [0.3, 0.4) is 0 Å². The number of ether oxygens (including phenoxy) is 3. The van der Waals surface area contributed by atoms with E-state index in [1.54, 1.807) is 60.7 Å². The number of carbonyl (C=O) groups excluding carboxylic acids is 2. The maximum atomic E-state index is 14.6. The van der Waals surface area contributed by atoms with Crippen LogP contribution in [0.5, 0.6) is 11.5 Å². The molecule has 0 N–H and O–H groups in total. The first-order valence-electron chi connectivity index (χ1n) is 11.3.